The first-order valence-corrected chi connectivity index (χ1v) is 4.77. The molecular formula is C10H14BNO2. The molecule has 1 fully saturated rings. The summed E-state index contributed by atoms with van der Waals surface area (Å²) < 4.78 is 4.79. The highest BCUT2D eigenvalue weighted by atomic mass is 16.5. The molecule has 0 bridgehead atoms. The van der Waals surface area contributed by atoms with E-state index in [9.17, 15) is 4.79 Å². The molecule has 1 amide bonds. The molecule has 0 N–H and O–H groups in total. The number of rotatable bonds is 2. The van der Waals surface area contributed by atoms with Crippen LogP contribution in [0.1, 0.15) is 25.7 Å². The molecule has 0 aromatic rings. The standard InChI is InChI=1S/C10H14BNO2/c1-14-8-3-2-5-9-6-4-7-10(13)12(9)11/h9H,4-8H2,1H3. The van der Waals surface area contributed by atoms with Crippen LogP contribution in [-0.4, -0.2) is 38.5 Å². The van der Waals surface area contributed by atoms with Gasteiger partial charge in [-0.2, -0.15) is 0 Å². The first kappa shape index (κ1) is 11.1. The third kappa shape index (κ3) is 3.08. The summed E-state index contributed by atoms with van der Waals surface area (Å²) in [5.74, 6) is 5.83. The van der Waals surface area contributed by atoms with Crippen LogP contribution in [0.2, 0.25) is 0 Å². The van der Waals surface area contributed by atoms with E-state index in [0.29, 0.717) is 19.4 Å². The van der Waals surface area contributed by atoms with E-state index in [1.165, 1.54) is 4.81 Å². The molecule has 1 aliphatic heterocycles. The Morgan fingerprint density at radius 2 is 2.43 bits per heavy atom. The van der Waals surface area contributed by atoms with E-state index < -0.39 is 0 Å². The van der Waals surface area contributed by atoms with Gasteiger partial charge < -0.3 is 9.55 Å². The molecule has 0 aliphatic carbocycles. The Bertz CT molecular complexity index is 257. The van der Waals surface area contributed by atoms with Gasteiger partial charge in [0.15, 0.2) is 0 Å². The van der Waals surface area contributed by atoms with Gasteiger partial charge in [0.1, 0.15) is 6.61 Å². The van der Waals surface area contributed by atoms with Crippen molar-refractivity contribution in [2.75, 3.05) is 13.7 Å². The van der Waals surface area contributed by atoms with Gasteiger partial charge >= 0.3 is 0 Å². The molecule has 4 heteroatoms. The minimum Gasteiger partial charge on any atom is -0.393 e. The molecule has 0 saturated carbocycles. The lowest BCUT2D eigenvalue weighted by Gasteiger charge is -2.31. The molecule has 3 nitrogen and oxygen atoms in total. The van der Waals surface area contributed by atoms with Gasteiger partial charge in [-0.1, -0.05) is 11.8 Å². The zero-order valence-corrected chi connectivity index (χ0v) is 8.45. The molecular weight excluding hydrogens is 177 g/mol. The van der Waals surface area contributed by atoms with Gasteiger partial charge in [-0.05, 0) is 12.8 Å². The largest absolute Gasteiger partial charge is 0.393 e. The van der Waals surface area contributed by atoms with Gasteiger partial charge in [-0.25, -0.2) is 0 Å². The Morgan fingerprint density at radius 1 is 1.64 bits per heavy atom. The van der Waals surface area contributed by atoms with Crippen LogP contribution >= 0.6 is 0 Å². The lowest BCUT2D eigenvalue weighted by molar-refractivity contribution is -0.130. The van der Waals surface area contributed by atoms with E-state index in [1.807, 2.05) is 0 Å². The van der Waals surface area contributed by atoms with Crippen LogP contribution in [0.5, 0.6) is 0 Å². The first-order valence-electron chi connectivity index (χ1n) is 4.77. The number of amides is 1. The summed E-state index contributed by atoms with van der Waals surface area (Å²) in [5, 5.41) is 0. The van der Waals surface area contributed by atoms with Gasteiger partial charge in [0.05, 0.1) is 0 Å². The maximum Gasteiger partial charge on any atom is 0.230 e. The van der Waals surface area contributed by atoms with Crippen molar-refractivity contribution in [3.05, 3.63) is 0 Å². The van der Waals surface area contributed by atoms with E-state index in [2.05, 4.69) is 11.8 Å². The molecule has 0 spiro atoms. The average Bonchev–Trinajstić information content (AvgIpc) is 2.19. The highest BCUT2D eigenvalue weighted by Crippen LogP contribution is 2.17. The fraction of sp³-hybridized carbons (Fsp3) is 0.700. The molecule has 74 valence electrons. The topological polar surface area (TPSA) is 29.5 Å². The van der Waals surface area contributed by atoms with Gasteiger partial charge in [-0.15, -0.1) is 0 Å². The molecule has 14 heavy (non-hydrogen) atoms. The zero-order valence-electron chi connectivity index (χ0n) is 8.45. The lowest BCUT2D eigenvalue weighted by Crippen LogP contribution is -2.41. The van der Waals surface area contributed by atoms with Crippen LogP contribution in [0.4, 0.5) is 0 Å². The summed E-state index contributed by atoms with van der Waals surface area (Å²) in [6, 6.07) is 0.0839. The van der Waals surface area contributed by atoms with E-state index in [4.69, 9.17) is 12.7 Å². The Morgan fingerprint density at radius 3 is 3.14 bits per heavy atom. The van der Waals surface area contributed by atoms with Crippen molar-refractivity contribution in [3.63, 3.8) is 0 Å². The van der Waals surface area contributed by atoms with Crippen molar-refractivity contribution >= 4 is 13.9 Å². The average molecular weight is 191 g/mol. The Balaban J connectivity index is 2.37. The summed E-state index contributed by atoms with van der Waals surface area (Å²) >= 11 is 0. The van der Waals surface area contributed by atoms with Crippen molar-refractivity contribution in [3.8, 4) is 11.8 Å². The van der Waals surface area contributed by atoms with Gasteiger partial charge in [0.25, 0.3) is 0 Å². The van der Waals surface area contributed by atoms with Crippen LogP contribution in [0.25, 0.3) is 0 Å². The minimum absolute atomic E-state index is 0.0230. The maximum absolute atomic E-state index is 11.2. The molecule has 1 saturated heterocycles. The summed E-state index contributed by atoms with van der Waals surface area (Å²) in [6.45, 7) is 0.436. The molecule has 2 radical (unpaired) electrons. The molecule has 1 heterocycles. The fourth-order valence-electron chi connectivity index (χ4n) is 1.47. The SMILES string of the molecule is [B]N1C(=O)CCCC1CC#CCOC. The lowest BCUT2D eigenvalue weighted by atomic mass is 9.96. The minimum atomic E-state index is 0.0230. The van der Waals surface area contributed by atoms with Gasteiger partial charge in [0.2, 0.25) is 13.9 Å². The summed E-state index contributed by atoms with van der Waals surface area (Å²) in [5.41, 5.74) is 0. The maximum atomic E-state index is 11.2. The van der Waals surface area contributed by atoms with Crippen molar-refractivity contribution in [1.82, 2.24) is 4.81 Å². The monoisotopic (exact) mass is 191 g/mol. The van der Waals surface area contributed by atoms with Crippen LogP contribution < -0.4 is 0 Å². The number of hydrogen-bond donors (Lipinski definition) is 0. The number of piperidine rings is 1. The number of ether oxygens (including phenoxy) is 1. The number of hydrogen-bond acceptors (Lipinski definition) is 2. The van der Waals surface area contributed by atoms with Crippen LogP contribution in [0.15, 0.2) is 0 Å². The van der Waals surface area contributed by atoms with Crippen LogP contribution in [-0.2, 0) is 9.53 Å². The number of carbonyl (C=O) groups excluding carboxylic acids is 1. The van der Waals surface area contributed by atoms with E-state index in [-0.39, 0.29) is 11.9 Å². The van der Waals surface area contributed by atoms with E-state index >= 15 is 0 Å². The first-order chi connectivity index (χ1) is 6.75. The normalized spacial score (nSPS) is 21.6. The molecule has 1 rings (SSSR count). The van der Waals surface area contributed by atoms with Crippen molar-refractivity contribution in [2.24, 2.45) is 0 Å². The Hall–Kier alpha value is -0.945. The second kappa shape index (κ2) is 5.72. The fourth-order valence-corrected chi connectivity index (χ4v) is 1.47. The Labute approximate surface area is 86.2 Å². The Kier molecular flexibility index (Phi) is 4.54. The third-order valence-corrected chi connectivity index (χ3v) is 2.29. The summed E-state index contributed by atoms with van der Waals surface area (Å²) in [4.78, 5) is 12.5. The number of methoxy groups -OCH3 is 1. The number of nitrogens with zero attached hydrogens (tertiary/aromatic N) is 1. The molecule has 0 aromatic carbocycles. The summed E-state index contributed by atoms with van der Waals surface area (Å²) in [7, 11) is 7.23. The van der Waals surface area contributed by atoms with E-state index in [1.54, 1.807) is 7.11 Å². The molecule has 1 aliphatic rings. The second-order valence-electron chi connectivity index (χ2n) is 3.34. The molecule has 0 aromatic heterocycles. The van der Waals surface area contributed by atoms with Crippen molar-refractivity contribution < 1.29 is 9.53 Å². The number of carbonyl (C=O) groups is 1. The van der Waals surface area contributed by atoms with Crippen LogP contribution in [0.3, 0.4) is 0 Å². The zero-order chi connectivity index (χ0) is 10.4. The van der Waals surface area contributed by atoms with Crippen LogP contribution in [0, 0.1) is 11.8 Å². The van der Waals surface area contributed by atoms with Gasteiger partial charge in [-0.3, -0.25) is 4.79 Å². The second-order valence-corrected chi connectivity index (χ2v) is 3.34. The predicted molar refractivity (Wildman–Crippen MR) is 54.5 cm³/mol. The van der Waals surface area contributed by atoms with E-state index in [0.717, 1.165) is 12.8 Å². The quantitative estimate of drug-likeness (QED) is 0.469. The van der Waals surface area contributed by atoms with Crippen molar-refractivity contribution in [2.45, 2.75) is 31.7 Å². The highest BCUT2D eigenvalue weighted by molar-refractivity contribution is 6.14. The summed E-state index contributed by atoms with van der Waals surface area (Å²) in [6.07, 6.45) is 3.08. The molecule has 1 atom stereocenters. The third-order valence-electron chi connectivity index (χ3n) is 2.29. The predicted octanol–water partition coefficient (Wildman–Crippen LogP) is 0.491. The van der Waals surface area contributed by atoms with Crippen molar-refractivity contribution in [1.29, 1.82) is 0 Å². The smallest absolute Gasteiger partial charge is 0.230 e. The molecule has 1 unspecified atom stereocenters. The van der Waals surface area contributed by atoms with Gasteiger partial charge in [0, 0.05) is 26.0 Å². The highest BCUT2D eigenvalue weighted by Gasteiger charge is 2.22.